The van der Waals surface area contributed by atoms with Gasteiger partial charge in [0.15, 0.2) is 0 Å². The van der Waals surface area contributed by atoms with E-state index in [1.54, 1.807) is 30.1 Å². The van der Waals surface area contributed by atoms with Crippen LogP contribution >= 0.6 is 0 Å². The van der Waals surface area contributed by atoms with Gasteiger partial charge in [-0.15, -0.1) is 0 Å². The Kier molecular flexibility index (Phi) is 6.35. The number of alkyl halides is 1. The van der Waals surface area contributed by atoms with Gasteiger partial charge in [0.1, 0.15) is 28.8 Å². The van der Waals surface area contributed by atoms with E-state index < -0.39 is 12.2 Å². The summed E-state index contributed by atoms with van der Waals surface area (Å²) in [5.41, 5.74) is 13.8. The van der Waals surface area contributed by atoms with Crippen molar-refractivity contribution < 1.29 is 18.7 Å². The van der Waals surface area contributed by atoms with Gasteiger partial charge in [0, 0.05) is 53.6 Å². The number of amides is 2. The molecular weight excluding hydrogens is 573 g/mol. The van der Waals surface area contributed by atoms with E-state index >= 15 is 0 Å². The van der Waals surface area contributed by atoms with Crippen LogP contribution in [0.5, 0.6) is 5.75 Å². The van der Waals surface area contributed by atoms with Crippen molar-refractivity contribution in [2.45, 2.75) is 44.9 Å². The van der Waals surface area contributed by atoms with Gasteiger partial charge in [0.2, 0.25) is 0 Å². The zero-order chi connectivity index (χ0) is 31.0. The van der Waals surface area contributed by atoms with Crippen LogP contribution in [0.2, 0.25) is 0 Å². The number of ether oxygens (including phenoxy) is 1. The smallest absolute Gasteiger partial charge is 0.277 e. The van der Waals surface area contributed by atoms with Gasteiger partial charge in [-0.3, -0.25) is 9.59 Å². The van der Waals surface area contributed by atoms with E-state index in [1.807, 2.05) is 31.2 Å². The zero-order valence-corrected chi connectivity index (χ0v) is 25.0. The largest absolute Gasteiger partial charge is 0.494 e. The predicted octanol–water partition coefficient (Wildman–Crippen LogP) is 4.83. The van der Waals surface area contributed by atoms with Gasteiger partial charge in [-0.2, -0.15) is 5.10 Å². The maximum atomic E-state index is 14.3. The number of nitrogens with two attached hydrogens (primary N) is 1. The summed E-state index contributed by atoms with van der Waals surface area (Å²) in [6, 6.07) is 13.2. The molecule has 2 N–H and O–H groups in total. The molecule has 2 atom stereocenters. The van der Waals surface area contributed by atoms with Gasteiger partial charge < -0.3 is 19.9 Å². The number of pyridine rings is 2. The number of aliphatic imine (C=N–C) groups is 1. The number of piperidine rings is 1. The summed E-state index contributed by atoms with van der Waals surface area (Å²) >= 11 is 0. The molecule has 2 fully saturated rings. The van der Waals surface area contributed by atoms with Crippen molar-refractivity contribution in [3.8, 4) is 28.4 Å². The molecule has 4 aromatic heterocycles. The van der Waals surface area contributed by atoms with Crippen LogP contribution in [0.3, 0.4) is 0 Å². The Morgan fingerprint density at radius 1 is 1.13 bits per heavy atom. The molecule has 6 heterocycles. The van der Waals surface area contributed by atoms with E-state index in [1.165, 1.54) is 17.7 Å². The minimum Gasteiger partial charge on any atom is -0.494 e. The number of carbonyl (C=O) groups is 2. The number of halogens is 1. The van der Waals surface area contributed by atoms with Crippen molar-refractivity contribution >= 4 is 34.6 Å². The standard InChI is InChI=1S/C34H32FN7O3/c1-18-30(39-42-15-23(11-29(45-2)31(18)42)34(44)40-16-24(35)12-25(36)17-40)28-10-21-6-8-27(38-32(21)41(28)14-19-3-4-19)20-5-7-26-22(9-20)13-37-33(26)43/h5-11,13,15,19,24-25H,3-4,12,14,16-17,36H2,1-2H3/t24-,25-/m1/s1. The van der Waals surface area contributed by atoms with Gasteiger partial charge in [0.05, 0.1) is 36.2 Å². The zero-order valence-electron chi connectivity index (χ0n) is 25.0. The van der Waals surface area contributed by atoms with Gasteiger partial charge in [0.25, 0.3) is 11.8 Å². The van der Waals surface area contributed by atoms with Crippen LogP contribution in [-0.2, 0) is 6.54 Å². The Hall–Kier alpha value is -4.90. The fourth-order valence-corrected chi connectivity index (χ4v) is 6.67. The van der Waals surface area contributed by atoms with Crippen LogP contribution in [0.1, 0.15) is 51.1 Å². The average molecular weight is 606 g/mol. The molecule has 2 aliphatic heterocycles. The second-order valence-corrected chi connectivity index (χ2v) is 12.4. The van der Waals surface area contributed by atoms with Crippen molar-refractivity contribution in [3.05, 3.63) is 70.9 Å². The van der Waals surface area contributed by atoms with Crippen molar-refractivity contribution in [3.63, 3.8) is 0 Å². The number of fused-ring (bicyclic) bond motifs is 3. The molecule has 0 spiro atoms. The highest BCUT2D eigenvalue weighted by Crippen LogP contribution is 2.39. The molecule has 1 aliphatic carbocycles. The molecule has 8 rings (SSSR count). The van der Waals surface area contributed by atoms with Gasteiger partial charge in [-0.1, -0.05) is 6.07 Å². The molecule has 1 saturated heterocycles. The molecule has 5 aromatic rings. The number of likely N-dealkylation sites (tertiary alicyclic amines) is 1. The summed E-state index contributed by atoms with van der Waals surface area (Å²) < 4.78 is 24.0. The van der Waals surface area contributed by atoms with Gasteiger partial charge in [-0.05, 0) is 68.5 Å². The maximum absolute atomic E-state index is 14.3. The molecule has 228 valence electrons. The lowest BCUT2D eigenvalue weighted by Gasteiger charge is -2.33. The molecule has 2 amide bonds. The van der Waals surface area contributed by atoms with Crippen LogP contribution < -0.4 is 10.5 Å². The summed E-state index contributed by atoms with van der Waals surface area (Å²) in [6.45, 7) is 3.14. The molecule has 11 heteroatoms. The molecule has 0 radical (unpaired) electrons. The van der Waals surface area contributed by atoms with E-state index in [0.717, 1.165) is 56.9 Å². The minimum atomic E-state index is -1.15. The first-order valence-electron chi connectivity index (χ1n) is 15.3. The second kappa shape index (κ2) is 10.3. The van der Waals surface area contributed by atoms with E-state index in [0.29, 0.717) is 29.3 Å². The van der Waals surface area contributed by atoms with E-state index in [2.05, 4.69) is 21.7 Å². The number of rotatable bonds is 6. The highest BCUT2D eigenvalue weighted by Gasteiger charge is 2.31. The quantitative estimate of drug-likeness (QED) is 0.296. The van der Waals surface area contributed by atoms with E-state index in [9.17, 15) is 14.0 Å². The number of carbonyl (C=O) groups excluding carboxylic acids is 2. The van der Waals surface area contributed by atoms with Crippen LogP contribution in [0.15, 0.2) is 53.7 Å². The Morgan fingerprint density at radius 2 is 1.98 bits per heavy atom. The van der Waals surface area contributed by atoms with Crippen LogP contribution in [0, 0.1) is 12.8 Å². The molecule has 45 heavy (non-hydrogen) atoms. The summed E-state index contributed by atoms with van der Waals surface area (Å²) in [7, 11) is 1.57. The highest BCUT2D eigenvalue weighted by molar-refractivity contribution is 6.13. The molecule has 0 unspecified atom stereocenters. The molecular formula is C34H32FN7O3. The first-order valence-corrected chi connectivity index (χ1v) is 15.3. The van der Waals surface area contributed by atoms with Crippen LogP contribution in [-0.4, -0.2) is 74.5 Å². The number of hydrogen-bond donors (Lipinski definition) is 1. The first-order chi connectivity index (χ1) is 21.8. The molecule has 1 aromatic carbocycles. The lowest BCUT2D eigenvalue weighted by Crippen LogP contribution is -2.50. The SMILES string of the molecule is COc1cc(C(=O)N2C[C@H](N)C[C@@H](F)C2)cn2nc(-c3cc4ccc(-c5ccc6c(c5)C=NC6=O)nc4n3CC3CC3)c(C)c12. The molecule has 0 bridgehead atoms. The first kappa shape index (κ1) is 27.6. The monoisotopic (exact) mass is 605 g/mol. The van der Waals surface area contributed by atoms with Gasteiger partial charge in [-0.25, -0.2) is 18.9 Å². The third kappa shape index (κ3) is 4.69. The second-order valence-electron chi connectivity index (χ2n) is 12.4. The van der Waals surface area contributed by atoms with Crippen LogP contribution in [0.4, 0.5) is 4.39 Å². The van der Waals surface area contributed by atoms with Crippen molar-refractivity contribution in [2.75, 3.05) is 20.2 Å². The number of nitrogens with zero attached hydrogens (tertiary/aromatic N) is 6. The lowest BCUT2D eigenvalue weighted by atomic mass is 10.0. The highest BCUT2D eigenvalue weighted by atomic mass is 19.1. The summed E-state index contributed by atoms with van der Waals surface area (Å²) in [5.74, 6) is 0.560. The summed E-state index contributed by atoms with van der Waals surface area (Å²) in [4.78, 5) is 36.0. The normalized spacial score (nSPS) is 19.6. The number of aromatic nitrogens is 4. The van der Waals surface area contributed by atoms with Crippen molar-refractivity contribution in [1.82, 2.24) is 24.1 Å². The summed E-state index contributed by atoms with van der Waals surface area (Å²) in [6.07, 6.45) is 4.73. The van der Waals surface area contributed by atoms with Crippen molar-refractivity contribution in [1.29, 1.82) is 0 Å². The number of hydrogen-bond acceptors (Lipinski definition) is 6. The Bertz CT molecular complexity index is 2070. The van der Waals surface area contributed by atoms with E-state index in [-0.39, 0.29) is 24.8 Å². The van der Waals surface area contributed by atoms with E-state index in [4.69, 9.17) is 20.6 Å². The van der Waals surface area contributed by atoms with Crippen LogP contribution in [0.25, 0.3) is 39.2 Å². The third-order valence-electron chi connectivity index (χ3n) is 9.14. The Labute approximate surface area is 258 Å². The third-order valence-corrected chi connectivity index (χ3v) is 9.14. The fourth-order valence-electron chi connectivity index (χ4n) is 6.67. The predicted molar refractivity (Wildman–Crippen MR) is 169 cm³/mol. The number of benzene rings is 1. The number of methoxy groups -OCH3 is 1. The lowest BCUT2D eigenvalue weighted by molar-refractivity contribution is 0.0605. The minimum absolute atomic E-state index is 0.0176. The Morgan fingerprint density at radius 3 is 2.76 bits per heavy atom. The van der Waals surface area contributed by atoms with Gasteiger partial charge >= 0.3 is 0 Å². The molecule has 10 nitrogen and oxygen atoms in total. The Balaban J connectivity index is 1.23. The average Bonchev–Trinajstić information content (AvgIpc) is 3.56. The molecule has 3 aliphatic rings. The number of aryl methyl sites for hydroxylation is 1. The van der Waals surface area contributed by atoms with Crippen molar-refractivity contribution in [2.24, 2.45) is 16.6 Å². The maximum Gasteiger partial charge on any atom is 0.277 e. The fraction of sp³-hybridized carbons (Fsp3) is 0.324. The molecule has 1 saturated carbocycles. The topological polar surface area (TPSA) is 120 Å². The summed E-state index contributed by atoms with van der Waals surface area (Å²) in [5, 5.41) is 5.99.